The van der Waals surface area contributed by atoms with Crippen molar-refractivity contribution in [1.82, 2.24) is 19.8 Å². The quantitative estimate of drug-likeness (QED) is 0.867. The molecular formula is C15H26N4O. The lowest BCUT2D eigenvalue weighted by molar-refractivity contribution is -0.0521. The summed E-state index contributed by atoms with van der Waals surface area (Å²) in [6.45, 7) is 7.88. The third-order valence-corrected chi connectivity index (χ3v) is 4.66. The second-order valence-corrected chi connectivity index (χ2v) is 6.50. The lowest BCUT2D eigenvalue weighted by atomic mass is 9.92. The van der Waals surface area contributed by atoms with Crippen molar-refractivity contribution in [2.24, 2.45) is 0 Å². The SMILES string of the molecule is Cc1[nH]cnc1CN1CCC[C@](O)(CN2CCCC2)C1. The van der Waals surface area contributed by atoms with E-state index >= 15 is 0 Å². The smallest absolute Gasteiger partial charge is 0.0925 e. The highest BCUT2D eigenvalue weighted by Gasteiger charge is 2.35. The van der Waals surface area contributed by atoms with Gasteiger partial charge in [0.25, 0.3) is 0 Å². The molecule has 112 valence electrons. The van der Waals surface area contributed by atoms with E-state index in [1.165, 1.54) is 12.8 Å². The molecule has 0 aliphatic carbocycles. The number of aliphatic hydroxyl groups is 1. The summed E-state index contributed by atoms with van der Waals surface area (Å²) in [6.07, 6.45) is 6.33. The Morgan fingerprint density at radius 3 is 2.70 bits per heavy atom. The van der Waals surface area contributed by atoms with Crippen LogP contribution in [0.15, 0.2) is 6.33 Å². The van der Waals surface area contributed by atoms with E-state index < -0.39 is 5.60 Å². The second kappa shape index (κ2) is 5.84. The standard InChI is InChI=1S/C15H26N4O/c1-13-14(17-12-16-13)9-19-8-4-5-15(20,11-19)10-18-6-2-3-7-18/h12,20H,2-11H2,1H3,(H,16,17)/t15-/m0/s1. The van der Waals surface area contributed by atoms with Crippen LogP contribution in [-0.4, -0.2) is 63.2 Å². The highest BCUT2D eigenvalue weighted by molar-refractivity contribution is 5.09. The number of piperidine rings is 1. The van der Waals surface area contributed by atoms with E-state index in [0.29, 0.717) is 0 Å². The molecule has 1 aromatic rings. The van der Waals surface area contributed by atoms with Gasteiger partial charge in [-0.25, -0.2) is 4.98 Å². The maximum Gasteiger partial charge on any atom is 0.0925 e. The van der Waals surface area contributed by atoms with Gasteiger partial charge in [0.15, 0.2) is 0 Å². The summed E-state index contributed by atoms with van der Waals surface area (Å²) in [5.74, 6) is 0. The third-order valence-electron chi connectivity index (χ3n) is 4.66. The molecule has 2 aliphatic rings. The fraction of sp³-hybridized carbons (Fsp3) is 0.800. The van der Waals surface area contributed by atoms with Gasteiger partial charge in [-0.1, -0.05) is 0 Å². The van der Waals surface area contributed by atoms with Crippen LogP contribution in [0.5, 0.6) is 0 Å². The third kappa shape index (κ3) is 3.22. The number of hydrogen-bond acceptors (Lipinski definition) is 4. The average molecular weight is 278 g/mol. The molecule has 0 radical (unpaired) electrons. The van der Waals surface area contributed by atoms with E-state index in [1.807, 2.05) is 0 Å². The molecule has 5 nitrogen and oxygen atoms in total. The van der Waals surface area contributed by atoms with E-state index in [0.717, 1.165) is 63.5 Å². The summed E-state index contributed by atoms with van der Waals surface area (Å²) in [5.41, 5.74) is 1.71. The first-order valence-electron chi connectivity index (χ1n) is 7.81. The van der Waals surface area contributed by atoms with Gasteiger partial charge >= 0.3 is 0 Å². The van der Waals surface area contributed by atoms with Crippen LogP contribution >= 0.6 is 0 Å². The summed E-state index contributed by atoms with van der Waals surface area (Å²) in [7, 11) is 0. The van der Waals surface area contributed by atoms with Crippen LogP contribution in [0, 0.1) is 6.92 Å². The van der Waals surface area contributed by atoms with Crippen LogP contribution in [0.3, 0.4) is 0 Å². The van der Waals surface area contributed by atoms with Crippen LogP contribution in [0.1, 0.15) is 37.1 Å². The first kappa shape index (κ1) is 14.0. The van der Waals surface area contributed by atoms with Gasteiger partial charge in [-0.05, 0) is 52.2 Å². The highest BCUT2D eigenvalue weighted by atomic mass is 16.3. The molecule has 0 unspecified atom stereocenters. The minimum absolute atomic E-state index is 0.535. The minimum atomic E-state index is -0.535. The van der Waals surface area contributed by atoms with Crippen LogP contribution in [0.4, 0.5) is 0 Å². The summed E-state index contributed by atoms with van der Waals surface area (Å²) in [6, 6.07) is 0. The predicted molar refractivity (Wildman–Crippen MR) is 78.5 cm³/mol. The van der Waals surface area contributed by atoms with Crippen LogP contribution in [0.25, 0.3) is 0 Å². The van der Waals surface area contributed by atoms with Gasteiger partial charge in [-0.3, -0.25) is 4.90 Å². The molecule has 0 saturated carbocycles. The van der Waals surface area contributed by atoms with Crippen molar-refractivity contribution in [3.8, 4) is 0 Å². The van der Waals surface area contributed by atoms with Crippen molar-refractivity contribution in [2.45, 2.75) is 44.8 Å². The zero-order valence-corrected chi connectivity index (χ0v) is 12.4. The average Bonchev–Trinajstić information content (AvgIpc) is 3.02. The summed E-state index contributed by atoms with van der Waals surface area (Å²) >= 11 is 0. The van der Waals surface area contributed by atoms with E-state index in [-0.39, 0.29) is 0 Å². The number of nitrogens with one attached hydrogen (secondary N) is 1. The van der Waals surface area contributed by atoms with Crippen molar-refractivity contribution in [2.75, 3.05) is 32.7 Å². The molecule has 2 saturated heterocycles. The Balaban J connectivity index is 1.59. The van der Waals surface area contributed by atoms with Gasteiger partial charge in [-0.2, -0.15) is 0 Å². The van der Waals surface area contributed by atoms with Gasteiger partial charge in [0.2, 0.25) is 0 Å². The number of rotatable bonds is 4. The Bertz CT molecular complexity index is 441. The molecule has 20 heavy (non-hydrogen) atoms. The second-order valence-electron chi connectivity index (χ2n) is 6.50. The first-order chi connectivity index (χ1) is 9.65. The molecular weight excluding hydrogens is 252 g/mol. The number of likely N-dealkylation sites (tertiary alicyclic amines) is 2. The van der Waals surface area contributed by atoms with Crippen molar-refractivity contribution in [1.29, 1.82) is 0 Å². The molecule has 2 aliphatic heterocycles. The molecule has 3 rings (SSSR count). The van der Waals surface area contributed by atoms with E-state index in [2.05, 4.69) is 26.7 Å². The molecule has 0 amide bonds. The van der Waals surface area contributed by atoms with Crippen molar-refractivity contribution < 1.29 is 5.11 Å². The van der Waals surface area contributed by atoms with Crippen molar-refractivity contribution >= 4 is 0 Å². The molecule has 1 atom stereocenters. The van der Waals surface area contributed by atoms with Crippen molar-refractivity contribution in [3.05, 3.63) is 17.7 Å². The van der Waals surface area contributed by atoms with Gasteiger partial charge in [0.1, 0.15) is 0 Å². The largest absolute Gasteiger partial charge is 0.387 e. The summed E-state index contributed by atoms with van der Waals surface area (Å²) in [4.78, 5) is 12.3. The van der Waals surface area contributed by atoms with E-state index in [1.54, 1.807) is 6.33 Å². The number of H-pyrrole nitrogens is 1. The van der Waals surface area contributed by atoms with Gasteiger partial charge in [0, 0.05) is 25.3 Å². The molecule has 2 N–H and O–H groups in total. The zero-order chi connectivity index (χ0) is 14.0. The van der Waals surface area contributed by atoms with Gasteiger partial charge in [-0.15, -0.1) is 0 Å². The fourth-order valence-corrected chi connectivity index (χ4v) is 3.59. The topological polar surface area (TPSA) is 55.4 Å². The number of nitrogens with zero attached hydrogens (tertiary/aromatic N) is 3. The van der Waals surface area contributed by atoms with Crippen LogP contribution < -0.4 is 0 Å². The number of imidazole rings is 1. The van der Waals surface area contributed by atoms with E-state index in [9.17, 15) is 5.11 Å². The van der Waals surface area contributed by atoms with Crippen LogP contribution in [-0.2, 0) is 6.54 Å². The fourth-order valence-electron chi connectivity index (χ4n) is 3.59. The zero-order valence-electron chi connectivity index (χ0n) is 12.4. The molecule has 3 heterocycles. The Kier molecular flexibility index (Phi) is 4.10. The summed E-state index contributed by atoms with van der Waals surface area (Å²) < 4.78 is 0. The maximum absolute atomic E-state index is 10.9. The van der Waals surface area contributed by atoms with Gasteiger partial charge < -0.3 is 15.0 Å². The molecule has 0 bridgehead atoms. The number of β-amino-alcohol motifs (C(OH)–C–C–N with tert-alkyl or cyclic N) is 1. The number of hydrogen-bond donors (Lipinski definition) is 2. The molecule has 0 spiro atoms. The number of aromatic amines is 1. The van der Waals surface area contributed by atoms with Crippen LogP contribution in [0.2, 0.25) is 0 Å². The van der Waals surface area contributed by atoms with Crippen molar-refractivity contribution in [3.63, 3.8) is 0 Å². The number of aromatic nitrogens is 2. The highest BCUT2D eigenvalue weighted by Crippen LogP contribution is 2.25. The Hall–Kier alpha value is -0.910. The number of aryl methyl sites for hydroxylation is 1. The Labute approximate surface area is 121 Å². The monoisotopic (exact) mass is 278 g/mol. The summed E-state index contributed by atoms with van der Waals surface area (Å²) in [5, 5.41) is 10.9. The molecule has 0 aromatic carbocycles. The first-order valence-corrected chi connectivity index (χ1v) is 7.81. The normalized spacial score (nSPS) is 29.1. The minimum Gasteiger partial charge on any atom is -0.387 e. The molecule has 2 fully saturated rings. The Morgan fingerprint density at radius 2 is 2.00 bits per heavy atom. The molecule has 5 heteroatoms. The lowest BCUT2D eigenvalue weighted by Crippen LogP contribution is -2.53. The maximum atomic E-state index is 10.9. The lowest BCUT2D eigenvalue weighted by Gasteiger charge is -2.41. The predicted octanol–water partition coefficient (Wildman–Crippen LogP) is 1.14. The van der Waals surface area contributed by atoms with Gasteiger partial charge in [0.05, 0.1) is 17.6 Å². The molecule has 1 aromatic heterocycles. The Morgan fingerprint density at radius 1 is 1.25 bits per heavy atom. The van der Waals surface area contributed by atoms with E-state index in [4.69, 9.17) is 0 Å².